The number of unbranched alkanes of at least 4 members (excludes halogenated alkanes) is 1. The first-order valence-electron chi connectivity index (χ1n) is 8.86. The topological polar surface area (TPSA) is 92.7 Å². The second-order valence-corrected chi connectivity index (χ2v) is 8.42. The van der Waals surface area contributed by atoms with Crippen molar-refractivity contribution in [1.82, 2.24) is 0 Å². The number of ether oxygens (including phenoxy) is 2. The van der Waals surface area contributed by atoms with Gasteiger partial charge in [0, 0.05) is 5.75 Å². The van der Waals surface area contributed by atoms with Crippen LogP contribution in [0.3, 0.4) is 0 Å². The molecule has 1 aromatic carbocycles. The summed E-state index contributed by atoms with van der Waals surface area (Å²) in [4.78, 5) is 12.0. The van der Waals surface area contributed by atoms with Gasteiger partial charge >= 0.3 is 35.5 Å². The fourth-order valence-corrected chi connectivity index (χ4v) is 3.43. The van der Waals surface area contributed by atoms with Crippen LogP contribution in [0.25, 0.3) is 0 Å². The second kappa shape index (κ2) is 12.1. The van der Waals surface area contributed by atoms with E-state index in [-0.39, 0.29) is 47.2 Å². The summed E-state index contributed by atoms with van der Waals surface area (Å²) in [7, 11) is -2.73. The van der Waals surface area contributed by atoms with Gasteiger partial charge in [-0.1, -0.05) is 26.0 Å². The standard InChI is InChI=1S/C19H30O6S.Na/c1-5-19(3,18(20)24-4)14-15(2)16-8-10-17(11-9-16)25-12-6-7-13-26(21,22)23;/h8-11,15H,5-7,12-14H2,1-4H3,(H,21,22,23);/q;+1/p-1. The number of methoxy groups -OCH3 is 1. The number of esters is 1. The average molecular weight is 408 g/mol. The van der Waals surface area contributed by atoms with Crippen molar-refractivity contribution in [3.8, 4) is 5.75 Å². The van der Waals surface area contributed by atoms with Crippen molar-refractivity contribution < 1.29 is 56.8 Å². The van der Waals surface area contributed by atoms with Crippen molar-refractivity contribution in [3.63, 3.8) is 0 Å². The molecule has 148 valence electrons. The van der Waals surface area contributed by atoms with Crippen molar-refractivity contribution in [2.75, 3.05) is 19.5 Å². The van der Waals surface area contributed by atoms with Crippen molar-refractivity contribution >= 4 is 16.1 Å². The molecule has 1 rings (SSSR count). The summed E-state index contributed by atoms with van der Waals surface area (Å²) in [5, 5.41) is 0. The normalized spacial score (nSPS) is 14.6. The Kier molecular flexibility index (Phi) is 11.8. The third kappa shape index (κ3) is 9.43. The van der Waals surface area contributed by atoms with Gasteiger partial charge in [-0.3, -0.25) is 4.79 Å². The smallest absolute Gasteiger partial charge is 0.748 e. The maximum Gasteiger partial charge on any atom is 1.00 e. The Bertz CT molecular complexity index is 674. The zero-order chi connectivity index (χ0) is 19.8. The fourth-order valence-electron chi connectivity index (χ4n) is 2.88. The molecule has 0 bridgehead atoms. The molecule has 1 aromatic rings. The van der Waals surface area contributed by atoms with Crippen LogP contribution in [0, 0.1) is 5.41 Å². The molecule has 27 heavy (non-hydrogen) atoms. The maximum atomic E-state index is 12.0. The van der Waals surface area contributed by atoms with Crippen LogP contribution in [0.15, 0.2) is 24.3 Å². The minimum absolute atomic E-state index is 0. The number of hydrogen-bond acceptors (Lipinski definition) is 6. The Morgan fingerprint density at radius 3 is 2.30 bits per heavy atom. The van der Waals surface area contributed by atoms with Gasteiger partial charge in [0.15, 0.2) is 0 Å². The summed E-state index contributed by atoms with van der Waals surface area (Å²) in [6.07, 6.45) is 2.21. The summed E-state index contributed by atoms with van der Waals surface area (Å²) in [5.41, 5.74) is 0.601. The Morgan fingerprint density at radius 1 is 1.22 bits per heavy atom. The van der Waals surface area contributed by atoms with Crippen LogP contribution in [0.5, 0.6) is 5.75 Å². The molecule has 0 radical (unpaired) electrons. The summed E-state index contributed by atoms with van der Waals surface area (Å²) in [6, 6.07) is 7.65. The molecule has 0 fully saturated rings. The van der Waals surface area contributed by atoms with E-state index < -0.39 is 15.5 Å². The zero-order valence-electron chi connectivity index (χ0n) is 17.0. The molecule has 0 spiro atoms. The molecule has 0 heterocycles. The van der Waals surface area contributed by atoms with Crippen molar-refractivity contribution in [3.05, 3.63) is 29.8 Å². The molecule has 6 nitrogen and oxygen atoms in total. The van der Waals surface area contributed by atoms with Gasteiger partial charge in [-0.25, -0.2) is 8.42 Å². The van der Waals surface area contributed by atoms with Gasteiger partial charge in [0.1, 0.15) is 5.75 Å². The predicted octanol–water partition coefficient (Wildman–Crippen LogP) is 0.478. The third-order valence-electron chi connectivity index (χ3n) is 4.72. The van der Waals surface area contributed by atoms with E-state index in [1.54, 1.807) is 0 Å². The Labute approximate surface area is 185 Å². The molecule has 0 amide bonds. The first-order chi connectivity index (χ1) is 12.1. The molecule has 2 atom stereocenters. The van der Waals surface area contributed by atoms with Crippen LogP contribution in [0.1, 0.15) is 57.9 Å². The van der Waals surface area contributed by atoms with Crippen LogP contribution in [0.2, 0.25) is 0 Å². The largest absolute Gasteiger partial charge is 1.00 e. The Morgan fingerprint density at radius 2 is 1.81 bits per heavy atom. The van der Waals surface area contributed by atoms with E-state index in [9.17, 15) is 17.8 Å². The minimum Gasteiger partial charge on any atom is -0.748 e. The number of carbonyl (C=O) groups excluding carboxylic acids is 1. The monoisotopic (exact) mass is 408 g/mol. The van der Waals surface area contributed by atoms with Crippen LogP contribution in [-0.4, -0.2) is 38.4 Å². The van der Waals surface area contributed by atoms with E-state index in [2.05, 4.69) is 6.92 Å². The van der Waals surface area contributed by atoms with Crippen molar-refractivity contribution in [2.24, 2.45) is 5.41 Å². The van der Waals surface area contributed by atoms with Gasteiger partial charge in [-0.2, -0.15) is 0 Å². The van der Waals surface area contributed by atoms with Crippen molar-refractivity contribution in [2.45, 2.75) is 52.4 Å². The average Bonchev–Trinajstić information content (AvgIpc) is 2.60. The van der Waals surface area contributed by atoms with Gasteiger partial charge in [-0.15, -0.1) is 0 Å². The molecule has 0 aliphatic rings. The Hall–Kier alpha value is -0.600. The number of benzene rings is 1. The summed E-state index contributed by atoms with van der Waals surface area (Å²) < 4.78 is 42.1. The first-order valence-corrected chi connectivity index (χ1v) is 10.4. The van der Waals surface area contributed by atoms with Crippen molar-refractivity contribution in [1.29, 1.82) is 0 Å². The molecule has 0 saturated heterocycles. The van der Waals surface area contributed by atoms with E-state index in [1.807, 2.05) is 38.1 Å². The molecule has 0 aliphatic heterocycles. The van der Waals surface area contributed by atoms with E-state index in [0.29, 0.717) is 38.0 Å². The number of hydrogen-bond donors (Lipinski definition) is 0. The SMILES string of the molecule is CCC(C)(CC(C)c1ccc(OCCCCS(=O)(=O)[O-])cc1)C(=O)OC.[Na+]. The van der Waals surface area contributed by atoms with E-state index in [1.165, 1.54) is 7.11 Å². The van der Waals surface area contributed by atoms with Crippen LogP contribution in [0.4, 0.5) is 0 Å². The zero-order valence-corrected chi connectivity index (χ0v) is 19.8. The number of carbonyl (C=O) groups is 1. The molecule has 8 heteroatoms. The Balaban J connectivity index is 0.00000676. The molecule has 0 aromatic heterocycles. The minimum atomic E-state index is -4.15. The maximum absolute atomic E-state index is 12.0. The van der Waals surface area contributed by atoms with Crippen LogP contribution >= 0.6 is 0 Å². The number of rotatable bonds is 11. The van der Waals surface area contributed by atoms with Gasteiger partial charge in [0.25, 0.3) is 0 Å². The van der Waals surface area contributed by atoms with Gasteiger partial charge < -0.3 is 14.0 Å². The van der Waals surface area contributed by atoms with E-state index >= 15 is 0 Å². The summed E-state index contributed by atoms with van der Waals surface area (Å²) >= 11 is 0. The van der Waals surface area contributed by atoms with Gasteiger partial charge in [-0.05, 0) is 56.2 Å². The van der Waals surface area contributed by atoms with Gasteiger partial charge in [0.05, 0.1) is 29.2 Å². The predicted molar refractivity (Wildman–Crippen MR) is 99.2 cm³/mol. The first kappa shape index (κ1) is 26.4. The van der Waals surface area contributed by atoms with Crippen LogP contribution in [-0.2, 0) is 19.6 Å². The molecule has 0 saturated carbocycles. The van der Waals surface area contributed by atoms with Crippen LogP contribution < -0.4 is 34.3 Å². The quantitative estimate of drug-likeness (QED) is 0.229. The molecule has 0 N–H and O–H groups in total. The molecular weight excluding hydrogens is 379 g/mol. The van der Waals surface area contributed by atoms with Gasteiger partial charge in [0.2, 0.25) is 0 Å². The molecule has 0 aliphatic carbocycles. The summed E-state index contributed by atoms with van der Waals surface area (Å²) in [6.45, 7) is 6.35. The third-order valence-corrected chi connectivity index (χ3v) is 5.51. The summed E-state index contributed by atoms with van der Waals surface area (Å²) in [5.74, 6) is 0.336. The second-order valence-electron chi connectivity index (χ2n) is 6.90. The van der Waals surface area contributed by atoms with E-state index in [4.69, 9.17) is 9.47 Å². The van der Waals surface area contributed by atoms with E-state index in [0.717, 1.165) is 5.56 Å². The molecular formula is C19H29NaO6S. The molecule has 2 unspecified atom stereocenters. The fraction of sp³-hybridized carbons (Fsp3) is 0.632.